The number of carbonyl (C=O) groups excluding carboxylic acids is 2. The minimum absolute atomic E-state index is 0.0365. The number of nitrogens with one attached hydrogen (secondary N) is 2. The molecule has 5 aromatic rings. The number of phenolic OH excluding ortho intramolecular Hbond substituents is 1. The summed E-state index contributed by atoms with van der Waals surface area (Å²) in [4.78, 5) is 34.5. The molecule has 1 amide bonds. The van der Waals surface area contributed by atoms with Gasteiger partial charge in [0.1, 0.15) is 11.5 Å². The van der Waals surface area contributed by atoms with Crippen LogP contribution in [-0.2, 0) is 16.0 Å². The number of benzene rings is 3. The number of aliphatic hydroxyl groups excluding tert-OH is 1. The Hall–Kier alpha value is -4.78. The maximum absolute atomic E-state index is 13.3. The number of aromatic hydroxyl groups is 1. The first kappa shape index (κ1) is 21.7. The SMILES string of the molecule is O=C1C(=O)N(CCc2c[nH]c3ccccc23)C(c2ccc(O)cc2)/C1=C(/O)c1c[nH]c2ccccc12. The molecule has 4 N–H and O–H groups in total. The number of H-pyrrole nitrogens is 2. The van der Waals surface area contributed by atoms with Crippen molar-refractivity contribution >= 4 is 39.3 Å². The number of amides is 1. The molecule has 2 aromatic heterocycles. The number of hydrogen-bond donors (Lipinski definition) is 4. The number of Topliss-reactive ketones (excluding diaryl/α,β-unsaturated/α-hetero) is 1. The average Bonchev–Trinajstić information content (AvgIpc) is 3.58. The van der Waals surface area contributed by atoms with E-state index in [1.165, 1.54) is 17.0 Å². The molecule has 0 bridgehead atoms. The molecule has 3 heterocycles. The number of aromatic nitrogens is 2. The van der Waals surface area contributed by atoms with Gasteiger partial charge in [-0.3, -0.25) is 9.59 Å². The van der Waals surface area contributed by atoms with Crippen LogP contribution in [-0.4, -0.2) is 43.3 Å². The van der Waals surface area contributed by atoms with Crippen molar-refractivity contribution in [3.8, 4) is 5.75 Å². The molecule has 1 aliphatic rings. The van der Waals surface area contributed by atoms with Crippen LogP contribution in [0.5, 0.6) is 5.75 Å². The van der Waals surface area contributed by atoms with E-state index in [4.69, 9.17) is 0 Å². The largest absolute Gasteiger partial charge is 0.508 e. The summed E-state index contributed by atoms with van der Waals surface area (Å²) in [6.07, 6.45) is 4.09. The van der Waals surface area contributed by atoms with Crippen LogP contribution >= 0.6 is 0 Å². The number of aromatic amines is 2. The summed E-state index contributed by atoms with van der Waals surface area (Å²) in [5.41, 5.74) is 3.98. The van der Waals surface area contributed by atoms with E-state index in [0.717, 1.165) is 27.4 Å². The molecule has 1 aliphatic heterocycles. The summed E-state index contributed by atoms with van der Waals surface area (Å²) in [6.45, 7) is 0.280. The number of nitrogens with zero attached hydrogens (tertiary/aromatic N) is 1. The molecule has 3 aromatic carbocycles. The highest BCUT2D eigenvalue weighted by molar-refractivity contribution is 6.46. The van der Waals surface area contributed by atoms with Crippen LogP contribution in [0.25, 0.3) is 27.6 Å². The number of phenols is 1. The maximum atomic E-state index is 13.3. The second-order valence-corrected chi connectivity index (χ2v) is 8.94. The summed E-state index contributed by atoms with van der Waals surface area (Å²) in [6, 6.07) is 21.0. The van der Waals surface area contributed by atoms with Crippen LogP contribution in [0.4, 0.5) is 0 Å². The average molecular weight is 478 g/mol. The molecule has 1 unspecified atom stereocenters. The van der Waals surface area contributed by atoms with E-state index in [1.54, 1.807) is 18.3 Å². The first-order valence-electron chi connectivity index (χ1n) is 11.7. The van der Waals surface area contributed by atoms with Crippen LogP contribution < -0.4 is 0 Å². The van der Waals surface area contributed by atoms with Gasteiger partial charge in [-0.1, -0.05) is 48.5 Å². The number of para-hydroxylation sites is 2. The van der Waals surface area contributed by atoms with Gasteiger partial charge in [-0.05, 0) is 41.8 Å². The summed E-state index contributed by atoms with van der Waals surface area (Å²) < 4.78 is 0. The molecule has 0 radical (unpaired) electrons. The first-order chi connectivity index (χ1) is 17.5. The Morgan fingerprint density at radius 2 is 1.47 bits per heavy atom. The van der Waals surface area contributed by atoms with Gasteiger partial charge in [0.15, 0.2) is 0 Å². The molecule has 1 fully saturated rings. The van der Waals surface area contributed by atoms with Crippen LogP contribution in [0.15, 0.2) is 90.8 Å². The smallest absolute Gasteiger partial charge is 0.295 e. The third-order valence-corrected chi connectivity index (χ3v) is 6.89. The number of ketones is 1. The van der Waals surface area contributed by atoms with E-state index >= 15 is 0 Å². The third-order valence-electron chi connectivity index (χ3n) is 6.89. The number of rotatable bonds is 5. The zero-order valence-corrected chi connectivity index (χ0v) is 19.2. The molecular formula is C29H23N3O4. The Morgan fingerprint density at radius 3 is 2.22 bits per heavy atom. The van der Waals surface area contributed by atoms with Crippen LogP contribution in [0.2, 0.25) is 0 Å². The quantitative estimate of drug-likeness (QED) is 0.162. The van der Waals surface area contributed by atoms with Crippen molar-refractivity contribution in [3.63, 3.8) is 0 Å². The number of aliphatic hydroxyl groups is 1. The van der Waals surface area contributed by atoms with Crippen molar-refractivity contribution in [1.29, 1.82) is 0 Å². The van der Waals surface area contributed by atoms with Gasteiger partial charge in [0, 0.05) is 46.3 Å². The highest BCUT2D eigenvalue weighted by Gasteiger charge is 2.46. The fourth-order valence-electron chi connectivity index (χ4n) is 5.11. The van der Waals surface area contributed by atoms with Crippen LogP contribution in [0, 0.1) is 0 Å². The minimum Gasteiger partial charge on any atom is -0.508 e. The lowest BCUT2D eigenvalue weighted by Gasteiger charge is -2.25. The Balaban J connectivity index is 1.44. The van der Waals surface area contributed by atoms with Gasteiger partial charge in [0.05, 0.1) is 11.6 Å². The molecule has 0 aliphatic carbocycles. The molecule has 1 atom stereocenters. The van der Waals surface area contributed by atoms with Crippen molar-refractivity contribution < 1.29 is 19.8 Å². The molecule has 1 saturated heterocycles. The van der Waals surface area contributed by atoms with Gasteiger partial charge >= 0.3 is 0 Å². The second-order valence-electron chi connectivity index (χ2n) is 8.94. The monoisotopic (exact) mass is 477 g/mol. The Bertz CT molecular complexity index is 1660. The van der Waals surface area contributed by atoms with Crippen molar-refractivity contribution in [3.05, 3.63) is 107 Å². The van der Waals surface area contributed by atoms with Gasteiger partial charge in [-0.15, -0.1) is 0 Å². The predicted molar refractivity (Wildman–Crippen MR) is 137 cm³/mol. The van der Waals surface area contributed by atoms with E-state index in [1.807, 2.05) is 54.7 Å². The second kappa shape index (κ2) is 8.46. The normalized spacial score (nSPS) is 17.4. The molecule has 7 nitrogen and oxygen atoms in total. The third kappa shape index (κ3) is 3.44. The van der Waals surface area contributed by atoms with E-state index in [-0.39, 0.29) is 23.6 Å². The lowest BCUT2D eigenvalue weighted by atomic mass is 9.95. The van der Waals surface area contributed by atoms with E-state index < -0.39 is 17.7 Å². The summed E-state index contributed by atoms with van der Waals surface area (Å²) in [5.74, 6) is -1.53. The standard InChI is InChI=1S/C29H23N3O4/c33-19-11-9-17(10-12-19)26-25(27(34)22-16-31-24-8-4-2-6-21(22)24)28(35)29(36)32(26)14-13-18-15-30-23-7-3-1-5-20(18)23/h1-12,15-16,26,30-31,33-34H,13-14H2/b27-25-. The zero-order chi connectivity index (χ0) is 24.8. The van der Waals surface area contributed by atoms with Crippen molar-refractivity contribution in [1.82, 2.24) is 14.9 Å². The topological polar surface area (TPSA) is 109 Å². The minimum atomic E-state index is -0.788. The fourth-order valence-corrected chi connectivity index (χ4v) is 5.11. The molecule has 178 valence electrons. The fraction of sp³-hybridized carbons (Fsp3) is 0.103. The van der Waals surface area contributed by atoms with Gasteiger partial charge in [0.2, 0.25) is 0 Å². The molecule has 6 rings (SSSR count). The zero-order valence-electron chi connectivity index (χ0n) is 19.2. The van der Waals surface area contributed by atoms with E-state index in [9.17, 15) is 19.8 Å². The van der Waals surface area contributed by atoms with Crippen LogP contribution in [0.3, 0.4) is 0 Å². The molecule has 36 heavy (non-hydrogen) atoms. The number of fused-ring (bicyclic) bond motifs is 2. The molecular weight excluding hydrogens is 454 g/mol. The molecule has 0 spiro atoms. The first-order valence-corrected chi connectivity index (χ1v) is 11.7. The summed E-state index contributed by atoms with van der Waals surface area (Å²) in [7, 11) is 0. The summed E-state index contributed by atoms with van der Waals surface area (Å²) >= 11 is 0. The van der Waals surface area contributed by atoms with Crippen LogP contribution in [0.1, 0.15) is 22.7 Å². The van der Waals surface area contributed by atoms with Crippen molar-refractivity contribution in [2.24, 2.45) is 0 Å². The Labute approximate surface area is 206 Å². The maximum Gasteiger partial charge on any atom is 0.295 e. The van der Waals surface area contributed by atoms with Gasteiger partial charge in [-0.2, -0.15) is 0 Å². The number of hydrogen-bond acceptors (Lipinski definition) is 4. The van der Waals surface area contributed by atoms with Crippen molar-refractivity contribution in [2.45, 2.75) is 12.5 Å². The lowest BCUT2D eigenvalue weighted by Crippen LogP contribution is -2.31. The number of carbonyl (C=O) groups is 2. The van der Waals surface area contributed by atoms with E-state index in [2.05, 4.69) is 9.97 Å². The van der Waals surface area contributed by atoms with Crippen molar-refractivity contribution in [2.75, 3.05) is 6.54 Å². The Morgan fingerprint density at radius 1 is 0.833 bits per heavy atom. The van der Waals surface area contributed by atoms with E-state index in [0.29, 0.717) is 17.5 Å². The summed E-state index contributed by atoms with van der Waals surface area (Å²) in [5, 5.41) is 23.0. The Kier molecular flexibility index (Phi) is 5.11. The van der Waals surface area contributed by atoms with Gasteiger partial charge in [0.25, 0.3) is 11.7 Å². The highest BCUT2D eigenvalue weighted by atomic mass is 16.3. The van der Waals surface area contributed by atoms with Gasteiger partial charge < -0.3 is 25.1 Å². The number of likely N-dealkylation sites (tertiary alicyclic amines) is 1. The lowest BCUT2D eigenvalue weighted by molar-refractivity contribution is -0.139. The predicted octanol–water partition coefficient (Wildman–Crippen LogP) is 5.02. The molecule has 7 heteroatoms. The molecule has 0 saturated carbocycles. The highest BCUT2D eigenvalue weighted by Crippen LogP contribution is 2.41. The van der Waals surface area contributed by atoms with Gasteiger partial charge in [-0.25, -0.2) is 0 Å².